The van der Waals surface area contributed by atoms with Crippen molar-refractivity contribution in [2.45, 2.75) is 33.3 Å². The molecular formula is C13H15ClN2O2. The zero-order valence-corrected chi connectivity index (χ0v) is 11.2. The van der Waals surface area contributed by atoms with E-state index in [0.717, 1.165) is 30.0 Å². The Morgan fingerprint density at radius 3 is 2.94 bits per heavy atom. The van der Waals surface area contributed by atoms with Crippen LogP contribution in [0.15, 0.2) is 22.7 Å². The first kappa shape index (κ1) is 12.9. The number of hydrogen-bond donors (Lipinski definition) is 0. The summed E-state index contributed by atoms with van der Waals surface area (Å²) in [4.78, 5) is 4.23. The van der Waals surface area contributed by atoms with Gasteiger partial charge in [-0.1, -0.05) is 23.7 Å². The topological polar surface area (TPSA) is 48.2 Å². The molecule has 1 aromatic carbocycles. The summed E-state index contributed by atoms with van der Waals surface area (Å²) in [6, 6.07) is 5.48. The number of aromatic nitrogens is 2. The largest absolute Gasteiger partial charge is 0.483 e. The van der Waals surface area contributed by atoms with E-state index in [0.29, 0.717) is 10.9 Å². The normalized spacial score (nSPS) is 10.6. The summed E-state index contributed by atoms with van der Waals surface area (Å²) in [7, 11) is 0. The Kier molecular flexibility index (Phi) is 4.20. The van der Waals surface area contributed by atoms with Crippen molar-refractivity contribution in [1.82, 2.24) is 10.1 Å². The van der Waals surface area contributed by atoms with Crippen LogP contribution >= 0.6 is 11.6 Å². The number of ether oxygens (including phenoxy) is 1. The summed E-state index contributed by atoms with van der Waals surface area (Å²) in [5.41, 5.74) is 0.982. The van der Waals surface area contributed by atoms with Gasteiger partial charge in [-0.2, -0.15) is 4.98 Å². The SMILES string of the molecule is CCCc1noc(COc2ccc(Cl)cc2C)n1. The summed E-state index contributed by atoms with van der Waals surface area (Å²) in [5, 5.41) is 4.56. The van der Waals surface area contributed by atoms with Crippen LogP contribution in [0, 0.1) is 6.92 Å². The van der Waals surface area contributed by atoms with E-state index in [1.807, 2.05) is 19.1 Å². The van der Waals surface area contributed by atoms with Crippen molar-refractivity contribution in [3.05, 3.63) is 40.5 Å². The van der Waals surface area contributed by atoms with Gasteiger partial charge in [0.15, 0.2) is 12.4 Å². The van der Waals surface area contributed by atoms with Crippen LogP contribution in [0.2, 0.25) is 5.02 Å². The van der Waals surface area contributed by atoms with E-state index in [-0.39, 0.29) is 6.61 Å². The van der Waals surface area contributed by atoms with Gasteiger partial charge in [0, 0.05) is 11.4 Å². The molecule has 1 aromatic heterocycles. The second-order valence-electron chi connectivity index (χ2n) is 4.05. The molecule has 0 fully saturated rings. The molecule has 0 aliphatic rings. The van der Waals surface area contributed by atoms with E-state index in [1.165, 1.54) is 0 Å². The van der Waals surface area contributed by atoms with Gasteiger partial charge in [0.25, 0.3) is 5.89 Å². The standard InChI is InChI=1S/C13H15ClN2O2/c1-3-4-12-15-13(18-16-12)8-17-11-6-5-10(14)7-9(11)2/h5-7H,3-4,8H2,1-2H3. The molecule has 0 aliphatic carbocycles. The molecule has 0 unspecified atom stereocenters. The van der Waals surface area contributed by atoms with Crippen molar-refractivity contribution in [2.24, 2.45) is 0 Å². The van der Waals surface area contributed by atoms with Crippen molar-refractivity contribution in [3.8, 4) is 5.75 Å². The molecule has 0 saturated heterocycles. The minimum atomic E-state index is 0.277. The smallest absolute Gasteiger partial charge is 0.264 e. The molecule has 0 N–H and O–H groups in total. The quantitative estimate of drug-likeness (QED) is 0.830. The van der Waals surface area contributed by atoms with Crippen LogP contribution in [-0.4, -0.2) is 10.1 Å². The molecule has 0 atom stereocenters. The van der Waals surface area contributed by atoms with Crippen LogP contribution in [0.3, 0.4) is 0 Å². The summed E-state index contributed by atoms with van der Waals surface area (Å²) >= 11 is 5.88. The minimum absolute atomic E-state index is 0.277. The first-order chi connectivity index (χ1) is 8.69. The fourth-order valence-corrected chi connectivity index (χ4v) is 1.81. The third kappa shape index (κ3) is 3.23. The highest BCUT2D eigenvalue weighted by Gasteiger charge is 2.07. The molecule has 0 spiro atoms. The fraction of sp³-hybridized carbons (Fsp3) is 0.385. The van der Waals surface area contributed by atoms with Crippen LogP contribution in [0.1, 0.15) is 30.6 Å². The molecule has 5 heteroatoms. The minimum Gasteiger partial charge on any atom is -0.483 e. The van der Waals surface area contributed by atoms with Gasteiger partial charge >= 0.3 is 0 Å². The maximum Gasteiger partial charge on any atom is 0.264 e. The van der Waals surface area contributed by atoms with Crippen LogP contribution in [0.4, 0.5) is 0 Å². The van der Waals surface area contributed by atoms with Gasteiger partial charge in [0.05, 0.1) is 0 Å². The van der Waals surface area contributed by atoms with E-state index < -0.39 is 0 Å². The van der Waals surface area contributed by atoms with E-state index in [2.05, 4.69) is 17.1 Å². The Hall–Kier alpha value is -1.55. The zero-order chi connectivity index (χ0) is 13.0. The number of halogens is 1. The van der Waals surface area contributed by atoms with Gasteiger partial charge < -0.3 is 9.26 Å². The molecule has 0 radical (unpaired) electrons. The highest BCUT2D eigenvalue weighted by atomic mass is 35.5. The van der Waals surface area contributed by atoms with E-state index in [1.54, 1.807) is 6.07 Å². The summed E-state index contributed by atoms with van der Waals surface area (Å²) in [6.45, 7) is 4.29. The molecule has 0 bridgehead atoms. The third-order valence-corrected chi connectivity index (χ3v) is 2.71. The maximum absolute atomic E-state index is 5.88. The lowest BCUT2D eigenvalue weighted by Crippen LogP contribution is -1.97. The Bertz CT molecular complexity index is 525. The fourth-order valence-electron chi connectivity index (χ4n) is 1.59. The lowest BCUT2D eigenvalue weighted by Gasteiger charge is -2.06. The van der Waals surface area contributed by atoms with E-state index in [9.17, 15) is 0 Å². The second-order valence-corrected chi connectivity index (χ2v) is 4.49. The van der Waals surface area contributed by atoms with Gasteiger partial charge in [0.2, 0.25) is 0 Å². The lowest BCUT2D eigenvalue weighted by molar-refractivity contribution is 0.241. The molecular weight excluding hydrogens is 252 g/mol. The van der Waals surface area contributed by atoms with Crippen molar-refractivity contribution < 1.29 is 9.26 Å². The molecule has 2 rings (SSSR count). The van der Waals surface area contributed by atoms with E-state index >= 15 is 0 Å². The third-order valence-electron chi connectivity index (χ3n) is 2.47. The van der Waals surface area contributed by atoms with Gasteiger partial charge in [-0.3, -0.25) is 0 Å². The predicted octanol–water partition coefficient (Wildman–Crippen LogP) is 3.56. The van der Waals surface area contributed by atoms with Crippen LogP contribution in [0.25, 0.3) is 0 Å². The molecule has 96 valence electrons. The Morgan fingerprint density at radius 1 is 1.39 bits per heavy atom. The van der Waals surface area contributed by atoms with Crippen LogP contribution < -0.4 is 4.74 Å². The van der Waals surface area contributed by atoms with Crippen LogP contribution in [0.5, 0.6) is 5.75 Å². The summed E-state index contributed by atoms with van der Waals surface area (Å²) < 4.78 is 10.7. The number of rotatable bonds is 5. The predicted molar refractivity (Wildman–Crippen MR) is 68.8 cm³/mol. The average molecular weight is 267 g/mol. The first-order valence-electron chi connectivity index (χ1n) is 5.89. The average Bonchev–Trinajstić information content (AvgIpc) is 2.76. The molecule has 0 saturated carbocycles. The van der Waals surface area contributed by atoms with Gasteiger partial charge in [-0.15, -0.1) is 0 Å². The number of nitrogens with zero attached hydrogens (tertiary/aromatic N) is 2. The molecule has 0 aliphatic heterocycles. The molecule has 1 heterocycles. The lowest BCUT2D eigenvalue weighted by atomic mass is 10.2. The number of benzene rings is 1. The van der Waals surface area contributed by atoms with Crippen molar-refractivity contribution >= 4 is 11.6 Å². The van der Waals surface area contributed by atoms with E-state index in [4.69, 9.17) is 20.9 Å². The van der Waals surface area contributed by atoms with Crippen molar-refractivity contribution in [2.75, 3.05) is 0 Å². The monoisotopic (exact) mass is 266 g/mol. The van der Waals surface area contributed by atoms with Gasteiger partial charge in [-0.25, -0.2) is 0 Å². The Labute approximate surface area is 111 Å². The van der Waals surface area contributed by atoms with Crippen LogP contribution in [-0.2, 0) is 13.0 Å². The Balaban J connectivity index is 1.97. The highest BCUT2D eigenvalue weighted by molar-refractivity contribution is 6.30. The molecule has 0 amide bonds. The summed E-state index contributed by atoms with van der Waals surface area (Å²) in [5.74, 6) is 1.99. The van der Waals surface area contributed by atoms with Crippen molar-refractivity contribution in [3.63, 3.8) is 0 Å². The molecule has 4 nitrogen and oxygen atoms in total. The molecule has 2 aromatic rings. The van der Waals surface area contributed by atoms with Gasteiger partial charge in [0.1, 0.15) is 5.75 Å². The second kappa shape index (κ2) is 5.87. The molecule has 18 heavy (non-hydrogen) atoms. The highest BCUT2D eigenvalue weighted by Crippen LogP contribution is 2.22. The number of aryl methyl sites for hydroxylation is 2. The maximum atomic E-state index is 5.88. The van der Waals surface area contributed by atoms with Gasteiger partial charge in [-0.05, 0) is 37.1 Å². The Morgan fingerprint density at radius 2 is 2.22 bits per heavy atom. The number of hydrogen-bond acceptors (Lipinski definition) is 4. The zero-order valence-electron chi connectivity index (χ0n) is 10.4. The summed E-state index contributed by atoms with van der Waals surface area (Å²) in [6.07, 6.45) is 1.82. The van der Waals surface area contributed by atoms with Crippen molar-refractivity contribution in [1.29, 1.82) is 0 Å². The first-order valence-corrected chi connectivity index (χ1v) is 6.27.